The minimum absolute atomic E-state index is 0.00557. The van der Waals surface area contributed by atoms with Crippen LogP contribution < -0.4 is 11.1 Å². The zero-order chi connectivity index (χ0) is 18.0. The fourth-order valence-electron chi connectivity index (χ4n) is 2.22. The Balaban J connectivity index is 1.94. The number of aromatic hydroxyl groups is 1. The van der Waals surface area contributed by atoms with Crippen molar-refractivity contribution in [3.8, 4) is 5.75 Å². The predicted octanol–water partition coefficient (Wildman–Crippen LogP) is 1.67. The lowest BCUT2D eigenvalue weighted by Crippen LogP contribution is -2.12. The van der Waals surface area contributed by atoms with E-state index in [4.69, 9.17) is 10.5 Å². The quantitative estimate of drug-likeness (QED) is 0.528. The fourth-order valence-corrected chi connectivity index (χ4v) is 2.22. The number of nitrogen functional groups attached to an aromatic ring is 1. The van der Waals surface area contributed by atoms with Gasteiger partial charge in [-0.2, -0.15) is 5.10 Å². The molecule has 9 heteroatoms. The average Bonchev–Trinajstić information content (AvgIpc) is 2.96. The molecular weight excluding hydrogens is 326 g/mol. The lowest BCUT2D eigenvalue weighted by molar-refractivity contribution is 0.0527. The second-order valence-electron chi connectivity index (χ2n) is 5.11. The number of carbonyl (C=O) groups is 2. The van der Waals surface area contributed by atoms with Gasteiger partial charge in [-0.3, -0.25) is 9.89 Å². The van der Waals surface area contributed by atoms with E-state index in [2.05, 4.69) is 20.5 Å². The summed E-state index contributed by atoms with van der Waals surface area (Å²) in [6.07, 6.45) is 0. The summed E-state index contributed by atoms with van der Waals surface area (Å²) in [5.74, 6) is -0.771. The van der Waals surface area contributed by atoms with Gasteiger partial charge < -0.3 is 20.9 Å². The van der Waals surface area contributed by atoms with Crippen molar-refractivity contribution in [2.75, 3.05) is 17.7 Å². The maximum atomic E-state index is 12.3. The molecule has 0 aliphatic rings. The van der Waals surface area contributed by atoms with Crippen LogP contribution in [0.4, 0.5) is 11.6 Å². The number of phenols is 1. The van der Waals surface area contributed by atoms with Gasteiger partial charge in [-0.15, -0.1) is 0 Å². The Hall–Kier alpha value is -3.62. The number of hydrogen-bond donors (Lipinski definition) is 4. The van der Waals surface area contributed by atoms with Crippen molar-refractivity contribution in [3.63, 3.8) is 0 Å². The number of aromatic amines is 1. The van der Waals surface area contributed by atoms with Crippen LogP contribution in [0, 0.1) is 0 Å². The number of benzene rings is 1. The molecule has 3 rings (SSSR count). The molecule has 25 heavy (non-hydrogen) atoms. The van der Waals surface area contributed by atoms with E-state index in [1.165, 1.54) is 30.3 Å². The number of hydrogen-bond acceptors (Lipinski definition) is 7. The first kappa shape index (κ1) is 16.2. The zero-order valence-corrected chi connectivity index (χ0v) is 13.2. The molecule has 0 aliphatic carbocycles. The van der Waals surface area contributed by atoms with E-state index in [1.807, 2.05) is 0 Å². The van der Waals surface area contributed by atoms with Gasteiger partial charge in [0.15, 0.2) is 11.5 Å². The van der Waals surface area contributed by atoms with E-state index >= 15 is 0 Å². The van der Waals surface area contributed by atoms with E-state index in [9.17, 15) is 14.7 Å². The SMILES string of the molecule is CCOC(=O)c1cc2c(NC(=O)c3ccc(O)cc3)n[nH]c2nc1N. The van der Waals surface area contributed by atoms with Crippen LogP contribution in [-0.4, -0.2) is 38.8 Å². The molecule has 0 aliphatic heterocycles. The Labute approximate surface area is 141 Å². The summed E-state index contributed by atoms with van der Waals surface area (Å²) in [7, 11) is 0. The van der Waals surface area contributed by atoms with Crippen molar-refractivity contribution in [2.24, 2.45) is 0 Å². The number of nitrogens with one attached hydrogen (secondary N) is 2. The number of rotatable bonds is 4. The summed E-state index contributed by atoms with van der Waals surface area (Å²) in [6, 6.07) is 7.21. The van der Waals surface area contributed by atoms with Crippen LogP contribution in [0.25, 0.3) is 11.0 Å². The summed E-state index contributed by atoms with van der Waals surface area (Å²) in [6.45, 7) is 1.88. The van der Waals surface area contributed by atoms with E-state index in [0.717, 1.165) is 0 Å². The van der Waals surface area contributed by atoms with Crippen LogP contribution in [-0.2, 0) is 4.74 Å². The number of H-pyrrole nitrogens is 1. The molecule has 2 heterocycles. The number of nitrogens with two attached hydrogens (primary N) is 1. The maximum absolute atomic E-state index is 12.3. The molecule has 128 valence electrons. The average molecular weight is 341 g/mol. The van der Waals surface area contributed by atoms with Gasteiger partial charge in [0.1, 0.15) is 17.1 Å². The van der Waals surface area contributed by atoms with Gasteiger partial charge in [0.05, 0.1) is 12.0 Å². The van der Waals surface area contributed by atoms with Gasteiger partial charge in [0.2, 0.25) is 0 Å². The number of carbonyl (C=O) groups excluding carboxylic acids is 2. The van der Waals surface area contributed by atoms with E-state index in [0.29, 0.717) is 16.6 Å². The summed E-state index contributed by atoms with van der Waals surface area (Å²) in [4.78, 5) is 28.3. The first-order valence-electron chi connectivity index (χ1n) is 7.41. The molecule has 3 aromatic rings. The third kappa shape index (κ3) is 3.20. The molecule has 1 amide bonds. The Morgan fingerprint density at radius 1 is 1.32 bits per heavy atom. The first-order chi connectivity index (χ1) is 12.0. The highest BCUT2D eigenvalue weighted by atomic mass is 16.5. The van der Waals surface area contributed by atoms with Crippen LogP contribution in [0.5, 0.6) is 5.75 Å². The van der Waals surface area contributed by atoms with Gasteiger partial charge in [0, 0.05) is 5.56 Å². The summed E-state index contributed by atoms with van der Waals surface area (Å²) < 4.78 is 4.94. The molecule has 5 N–H and O–H groups in total. The number of ether oxygens (including phenoxy) is 1. The number of aromatic nitrogens is 3. The van der Waals surface area contributed by atoms with Gasteiger partial charge in [0.25, 0.3) is 5.91 Å². The summed E-state index contributed by atoms with van der Waals surface area (Å²) >= 11 is 0. The van der Waals surface area contributed by atoms with Crippen molar-refractivity contribution >= 4 is 34.5 Å². The maximum Gasteiger partial charge on any atom is 0.341 e. The van der Waals surface area contributed by atoms with Crippen LogP contribution in [0.15, 0.2) is 30.3 Å². The number of anilines is 2. The molecule has 9 nitrogen and oxygen atoms in total. The molecule has 1 aromatic carbocycles. The van der Waals surface area contributed by atoms with Gasteiger partial charge >= 0.3 is 5.97 Å². The highest BCUT2D eigenvalue weighted by Crippen LogP contribution is 2.24. The second-order valence-corrected chi connectivity index (χ2v) is 5.11. The topological polar surface area (TPSA) is 143 Å². The lowest BCUT2D eigenvalue weighted by Gasteiger charge is -2.06. The van der Waals surface area contributed by atoms with Crippen molar-refractivity contribution in [1.29, 1.82) is 0 Å². The Bertz CT molecular complexity index is 949. The van der Waals surface area contributed by atoms with E-state index in [-0.39, 0.29) is 29.6 Å². The van der Waals surface area contributed by atoms with Gasteiger partial charge in [-0.05, 0) is 37.3 Å². The van der Waals surface area contributed by atoms with Crippen LogP contribution in [0.2, 0.25) is 0 Å². The normalized spacial score (nSPS) is 10.6. The summed E-state index contributed by atoms with van der Waals surface area (Å²) in [5, 5.41) is 19.0. The van der Waals surface area contributed by atoms with E-state index < -0.39 is 11.9 Å². The van der Waals surface area contributed by atoms with Crippen LogP contribution in [0.1, 0.15) is 27.6 Å². The zero-order valence-electron chi connectivity index (χ0n) is 13.2. The smallest absolute Gasteiger partial charge is 0.341 e. The molecule has 2 aromatic heterocycles. The van der Waals surface area contributed by atoms with E-state index in [1.54, 1.807) is 6.92 Å². The number of fused-ring (bicyclic) bond motifs is 1. The Morgan fingerprint density at radius 2 is 2.04 bits per heavy atom. The third-order valence-corrected chi connectivity index (χ3v) is 3.44. The molecule has 0 spiro atoms. The predicted molar refractivity (Wildman–Crippen MR) is 90.3 cm³/mol. The monoisotopic (exact) mass is 341 g/mol. The molecule has 0 saturated carbocycles. The number of phenolic OH excluding ortho intramolecular Hbond substituents is 1. The van der Waals surface area contributed by atoms with Crippen molar-refractivity contribution in [1.82, 2.24) is 15.2 Å². The molecule has 0 unspecified atom stereocenters. The molecule has 0 saturated heterocycles. The second kappa shape index (κ2) is 6.48. The van der Waals surface area contributed by atoms with Crippen molar-refractivity contribution < 1.29 is 19.4 Å². The highest BCUT2D eigenvalue weighted by molar-refractivity contribution is 6.08. The number of pyridine rings is 1. The first-order valence-corrected chi connectivity index (χ1v) is 7.41. The van der Waals surface area contributed by atoms with Crippen molar-refractivity contribution in [3.05, 3.63) is 41.5 Å². The minimum Gasteiger partial charge on any atom is -0.508 e. The lowest BCUT2D eigenvalue weighted by atomic mass is 10.2. The summed E-state index contributed by atoms with van der Waals surface area (Å²) in [5.41, 5.74) is 6.52. The largest absolute Gasteiger partial charge is 0.508 e. The van der Waals surface area contributed by atoms with Crippen LogP contribution in [0.3, 0.4) is 0 Å². The van der Waals surface area contributed by atoms with Crippen molar-refractivity contribution in [2.45, 2.75) is 6.92 Å². The van der Waals surface area contributed by atoms with Gasteiger partial charge in [-0.1, -0.05) is 0 Å². The molecule has 0 fully saturated rings. The number of amides is 1. The number of nitrogens with zero attached hydrogens (tertiary/aromatic N) is 2. The molecular formula is C16H15N5O4. The number of esters is 1. The van der Waals surface area contributed by atoms with Crippen LogP contribution >= 0.6 is 0 Å². The molecule has 0 radical (unpaired) electrons. The molecule has 0 atom stereocenters. The molecule has 0 bridgehead atoms. The van der Waals surface area contributed by atoms with Gasteiger partial charge in [-0.25, -0.2) is 9.78 Å². The Kier molecular flexibility index (Phi) is 4.21. The Morgan fingerprint density at radius 3 is 2.72 bits per heavy atom. The fraction of sp³-hybridized carbons (Fsp3) is 0.125. The third-order valence-electron chi connectivity index (χ3n) is 3.44. The highest BCUT2D eigenvalue weighted by Gasteiger charge is 2.18. The minimum atomic E-state index is -0.605. The standard InChI is InChI=1S/C16H15N5O4/c1-2-25-16(24)10-7-11-13(18-12(10)17)20-21-14(11)19-15(23)8-3-5-9(22)6-4-8/h3-7,22H,2H2,1H3,(H4,17,18,19,20,21,23).